The van der Waals surface area contributed by atoms with Crippen molar-refractivity contribution in [1.29, 1.82) is 0 Å². The van der Waals surface area contributed by atoms with E-state index in [4.69, 9.17) is 14.0 Å². The predicted octanol–water partition coefficient (Wildman–Crippen LogP) is 3.77. The Balaban J connectivity index is 1.13. The lowest BCUT2D eigenvalue weighted by Gasteiger charge is -2.42. The molecular formula is C22H30N4O3. The number of ether oxygens (including phenoxy) is 2. The van der Waals surface area contributed by atoms with Crippen molar-refractivity contribution >= 4 is 5.69 Å². The third-order valence-corrected chi connectivity index (χ3v) is 6.55. The van der Waals surface area contributed by atoms with Gasteiger partial charge in [0.1, 0.15) is 0 Å². The Morgan fingerprint density at radius 1 is 0.966 bits per heavy atom. The minimum absolute atomic E-state index is 0.322. The first-order valence-electron chi connectivity index (χ1n) is 10.9. The van der Waals surface area contributed by atoms with Gasteiger partial charge in [0.15, 0.2) is 17.3 Å². The maximum Gasteiger partial charge on any atom is 0.231 e. The molecule has 5 rings (SSSR count). The van der Waals surface area contributed by atoms with E-state index in [-0.39, 0.29) is 0 Å². The van der Waals surface area contributed by atoms with E-state index in [1.165, 1.54) is 18.5 Å². The molecule has 0 amide bonds. The van der Waals surface area contributed by atoms with Crippen molar-refractivity contribution in [1.82, 2.24) is 15.0 Å². The average Bonchev–Trinajstić information content (AvgIpc) is 3.43. The molecule has 3 aliphatic heterocycles. The molecule has 0 saturated carbocycles. The second-order valence-electron chi connectivity index (χ2n) is 8.71. The standard InChI is InChI=1S/C22H30N4O3/c1-15(2)21-23-22(29-24-21)16-5-9-25(10-6-16)17-7-11-26(12-8-17)18-3-4-19-20(13-18)28-14-27-19/h3-4,13,15-17H,5-12,14H2,1-2H3. The molecule has 4 heterocycles. The molecule has 0 N–H and O–H groups in total. The normalized spacial score (nSPS) is 21.3. The topological polar surface area (TPSA) is 63.9 Å². The summed E-state index contributed by atoms with van der Waals surface area (Å²) in [6.45, 7) is 8.97. The van der Waals surface area contributed by atoms with Crippen molar-refractivity contribution in [2.75, 3.05) is 37.9 Å². The van der Waals surface area contributed by atoms with Gasteiger partial charge < -0.3 is 23.8 Å². The number of anilines is 1. The fraction of sp³-hybridized carbons (Fsp3) is 0.636. The first kappa shape index (κ1) is 18.7. The zero-order valence-electron chi connectivity index (χ0n) is 17.3. The summed E-state index contributed by atoms with van der Waals surface area (Å²) in [6, 6.07) is 6.96. The van der Waals surface area contributed by atoms with E-state index < -0.39 is 0 Å². The van der Waals surface area contributed by atoms with Crippen molar-refractivity contribution < 1.29 is 14.0 Å². The van der Waals surface area contributed by atoms with Gasteiger partial charge in [-0.25, -0.2) is 0 Å². The number of rotatable bonds is 4. The SMILES string of the molecule is CC(C)c1noc(C2CCN(C3CCN(c4ccc5c(c4)OCO5)CC3)CC2)n1. The van der Waals surface area contributed by atoms with E-state index in [9.17, 15) is 0 Å². The van der Waals surface area contributed by atoms with Gasteiger partial charge in [-0.05, 0) is 50.9 Å². The summed E-state index contributed by atoms with van der Waals surface area (Å²) in [5.41, 5.74) is 1.24. The third kappa shape index (κ3) is 3.80. The van der Waals surface area contributed by atoms with Gasteiger partial charge in [0, 0.05) is 42.7 Å². The van der Waals surface area contributed by atoms with E-state index in [0.717, 1.165) is 62.2 Å². The Morgan fingerprint density at radius 3 is 2.45 bits per heavy atom. The van der Waals surface area contributed by atoms with E-state index >= 15 is 0 Å². The van der Waals surface area contributed by atoms with Crippen LogP contribution in [0.15, 0.2) is 22.7 Å². The van der Waals surface area contributed by atoms with Gasteiger partial charge in [-0.2, -0.15) is 4.98 Å². The highest BCUT2D eigenvalue weighted by Crippen LogP contribution is 2.37. The summed E-state index contributed by atoms with van der Waals surface area (Å²) < 4.78 is 16.5. The van der Waals surface area contributed by atoms with Crippen LogP contribution in [0.1, 0.15) is 63.1 Å². The molecule has 2 aromatic rings. The second-order valence-corrected chi connectivity index (χ2v) is 8.71. The summed E-state index contributed by atoms with van der Waals surface area (Å²) >= 11 is 0. The Bertz CT molecular complexity index is 836. The Labute approximate surface area is 172 Å². The number of likely N-dealkylation sites (tertiary alicyclic amines) is 1. The molecule has 156 valence electrons. The maximum absolute atomic E-state index is 5.54. The lowest BCUT2D eigenvalue weighted by atomic mass is 9.93. The molecule has 0 radical (unpaired) electrons. The molecule has 2 fully saturated rings. The highest BCUT2D eigenvalue weighted by molar-refractivity contribution is 5.57. The fourth-order valence-corrected chi connectivity index (χ4v) is 4.73. The maximum atomic E-state index is 5.54. The molecule has 0 unspecified atom stereocenters. The zero-order chi connectivity index (χ0) is 19.8. The molecule has 7 nitrogen and oxygen atoms in total. The molecule has 1 aromatic heterocycles. The monoisotopic (exact) mass is 398 g/mol. The Hall–Kier alpha value is -2.28. The first-order chi connectivity index (χ1) is 14.2. The number of fused-ring (bicyclic) bond motifs is 1. The van der Waals surface area contributed by atoms with Gasteiger partial charge in [-0.3, -0.25) is 0 Å². The molecule has 0 spiro atoms. The minimum Gasteiger partial charge on any atom is -0.454 e. The van der Waals surface area contributed by atoms with E-state index in [1.807, 2.05) is 6.07 Å². The Morgan fingerprint density at radius 2 is 1.72 bits per heavy atom. The van der Waals surface area contributed by atoms with Crippen LogP contribution in [0, 0.1) is 0 Å². The number of aromatic nitrogens is 2. The van der Waals surface area contributed by atoms with Gasteiger partial charge in [-0.15, -0.1) is 0 Å². The number of benzene rings is 1. The first-order valence-corrected chi connectivity index (χ1v) is 10.9. The van der Waals surface area contributed by atoms with Crippen molar-refractivity contribution in [2.24, 2.45) is 0 Å². The average molecular weight is 399 g/mol. The van der Waals surface area contributed by atoms with Crippen LogP contribution in [0.2, 0.25) is 0 Å². The van der Waals surface area contributed by atoms with Crippen LogP contribution in [0.5, 0.6) is 11.5 Å². The zero-order valence-corrected chi connectivity index (χ0v) is 17.3. The molecule has 3 aliphatic rings. The predicted molar refractivity (Wildman–Crippen MR) is 110 cm³/mol. The summed E-state index contributed by atoms with van der Waals surface area (Å²) in [4.78, 5) is 9.76. The molecule has 0 aliphatic carbocycles. The smallest absolute Gasteiger partial charge is 0.231 e. The van der Waals surface area contributed by atoms with Crippen LogP contribution in [0.4, 0.5) is 5.69 Å². The van der Waals surface area contributed by atoms with Crippen molar-refractivity contribution in [3.05, 3.63) is 29.9 Å². The third-order valence-electron chi connectivity index (χ3n) is 6.55. The van der Waals surface area contributed by atoms with Crippen LogP contribution < -0.4 is 14.4 Å². The van der Waals surface area contributed by atoms with E-state index in [1.54, 1.807) is 0 Å². The highest BCUT2D eigenvalue weighted by atomic mass is 16.7. The fourth-order valence-electron chi connectivity index (χ4n) is 4.73. The quantitative estimate of drug-likeness (QED) is 0.777. The Kier molecular flexibility index (Phi) is 5.08. The molecule has 2 saturated heterocycles. The van der Waals surface area contributed by atoms with Crippen LogP contribution in [-0.2, 0) is 0 Å². The largest absolute Gasteiger partial charge is 0.454 e. The van der Waals surface area contributed by atoms with Gasteiger partial charge in [0.05, 0.1) is 0 Å². The number of nitrogens with zero attached hydrogens (tertiary/aromatic N) is 4. The van der Waals surface area contributed by atoms with Gasteiger partial charge >= 0.3 is 0 Å². The molecule has 1 aromatic carbocycles. The van der Waals surface area contributed by atoms with Crippen LogP contribution in [-0.4, -0.2) is 54.1 Å². The van der Waals surface area contributed by atoms with Crippen molar-refractivity contribution in [2.45, 2.75) is 57.4 Å². The lowest BCUT2D eigenvalue weighted by molar-refractivity contribution is 0.124. The molecule has 0 bridgehead atoms. The van der Waals surface area contributed by atoms with Gasteiger partial charge in [0.25, 0.3) is 0 Å². The number of hydrogen-bond acceptors (Lipinski definition) is 7. The van der Waals surface area contributed by atoms with Gasteiger partial charge in [0.2, 0.25) is 12.7 Å². The minimum atomic E-state index is 0.322. The van der Waals surface area contributed by atoms with Crippen molar-refractivity contribution in [3.8, 4) is 11.5 Å². The van der Waals surface area contributed by atoms with Crippen LogP contribution in [0.3, 0.4) is 0 Å². The summed E-state index contributed by atoms with van der Waals surface area (Å²) in [7, 11) is 0. The van der Waals surface area contributed by atoms with Crippen LogP contribution in [0.25, 0.3) is 0 Å². The van der Waals surface area contributed by atoms with E-state index in [2.05, 4.69) is 45.9 Å². The summed E-state index contributed by atoms with van der Waals surface area (Å²) in [5.74, 6) is 4.13. The molecule has 29 heavy (non-hydrogen) atoms. The molecule has 7 heteroatoms. The molecular weight excluding hydrogens is 368 g/mol. The van der Waals surface area contributed by atoms with Crippen molar-refractivity contribution in [3.63, 3.8) is 0 Å². The number of piperidine rings is 2. The van der Waals surface area contributed by atoms with Crippen LogP contribution >= 0.6 is 0 Å². The van der Waals surface area contributed by atoms with Gasteiger partial charge in [-0.1, -0.05) is 19.0 Å². The molecule has 0 atom stereocenters. The lowest BCUT2D eigenvalue weighted by Crippen LogP contribution is -2.47. The second kappa shape index (κ2) is 7.86. The van der Waals surface area contributed by atoms with E-state index in [0.29, 0.717) is 24.7 Å². The number of hydrogen-bond donors (Lipinski definition) is 0. The summed E-state index contributed by atoms with van der Waals surface area (Å²) in [6.07, 6.45) is 4.64. The highest BCUT2D eigenvalue weighted by Gasteiger charge is 2.31. The summed E-state index contributed by atoms with van der Waals surface area (Å²) in [5, 5.41) is 4.14.